The molecule has 0 bridgehead atoms. The maximum atomic E-state index is 15.4. The van der Waals surface area contributed by atoms with E-state index in [1.54, 1.807) is 29.9 Å². The van der Waals surface area contributed by atoms with Crippen LogP contribution < -0.4 is 10.2 Å². The second-order valence-corrected chi connectivity index (χ2v) is 8.79. The van der Waals surface area contributed by atoms with E-state index in [0.717, 1.165) is 18.7 Å². The van der Waals surface area contributed by atoms with Crippen molar-refractivity contribution in [3.63, 3.8) is 0 Å². The minimum atomic E-state index is -3.66. The highest BCUT2D eigenvalue weighted by atomic mass is 19.3. The maximum Gasteiger partial charge on any atom is 0.304 e. The molecule has 3 aromatic rings. The molecular weight excluding hydrogens is 500 g/mol. The van der Waals surface area contributed by atoms with E-state index in [1.807, 2.05) is 0 Å². The third-order valence-corrected chi connectivity index (χ3v) is 5.97. The zero-order chi connectivity index (χ0) is 27.6. The van der Waals surface area contributed by atoms with Gasteiger partial charge in [-0.15, -0.1) is 0 Å². The van der Waals surface area contributed by atoms with Crippen molar-refractivity contribution in [2.45, 2.75) is 38.5 Å². The van der Waals surface area contributed by atoms with Crippen LogP contribution in [0.15, 0.2) is 66.9 Å². The smallest absolute Gasteiger partial charge is 0.304 e. The topological polar surface area (TPSA) is 107 Å². The van der Waals surface area contributed by atoms with E-state index in [4.69, 9.17) is 9.47 Å². The van der Waals surface area contributed by atoms with Crippen LogP contribution in [0.4, 0.5) is 20.2 Å². The van der Waals surface area contributed by atoms with Gasteiger partial charge in [-0.2, -0.15) is 0 Å². The number of nitrogens with zero attached hydrogens (tertiary/aromatic N) is 2. The van der Waals surface area contributed by atoms with Crippen LogP contribution in [0, 0.1) is 0 Å². The molecular formula is C27H25F2N3O6. The van der Waals surface area contributed by atoms with Gasteiger partial charge in [0.2, 0.25) is 0 Å². The average molecular weight is 526 g/mol. The molecule has 2 amide bonds. The first-order chi connectivity index (χ1) is 18.0. The molecule has 0 saturated heterocycles. The van der Waals surface area contributed by atoms with Crippen molar-refractivity contribution >= 4 is 35.1 Å². The summed E-state index contributed by atoms with van der Waals surface area (Å²) in [5.41, 5.74) is 0.819. The minimum absolute atomic E-state index is 0.00765. The summed E-state index contributed by atoms with van der Waals surface area (Å²) >= 11 is 0. The second-order valence-electron chi connectivity index (χ2n) is 8.79. The summed E-state index contributed by atoms with van der Waals surface area (Å²) in [6.45, 7) is 2.06. The van der Waals surface area contributed by atoms with Crippen molar-refractivity contribution in [2.24, 2.45) is 7.05 Å². The van der Waals surface area contributed by atoms with Gasteiger partial charge in [0.25, 0.3) is 17.7 Å². The summed E-state index contributed by atoms with van der Waals surface area (Å²) in [5, 5.41) is 2.72. The van der Waals surface area contributed by atoms with Gasteiger partial charge in [-0.1, -0.05) is 18.2 Å². The molecule has 9 nitrogen and oxygen atoms in total. The van der Waals surface area contributed by atoms with Crippen LogP contribution in [0.5, 0.6) is 0 Å². The largest absolute Gasteiger partial charge is 0.451 e. The lowest BCUT2D eigenvalue weighted by molar-refractivity contribution is -0.181. The molecule has 2 heterocycles. The highest BCUT2D eigenvalue weighted by molar-refractivity contribution is 6.08. The number of ether oxygens (including phenoxy) is 2. The Morgan fingerprint density at radius 1 is 0.921 bits per heavy atom. The quantitative estimate of drug-likeness (QED) is 0.493. The Kier molecular flexibility index (Phi) is 7.29. The van der Waals surface area contributed by atoms with Crippen LogP contribution in [0.2, 0.25) is 0 Å². The molecule has 198 valence electrons. The number of alkyl halides is 2. The number of benzene rings is 2. The first-order valence-electron chi connectivity index (χ1n) is 11.7. The van der Waals surface area contributed by atoms with Gasteiger partial charge in [0.15, 0.2) is 12.3 Å². The van der Waals surface area contributed by atoms with E-state index in [-0.39, 0.29) is 22.7 Å². The number of carbonyl (C=O) groups is 4. The van der Waals surface area contributed by atoms with Crippen LogP contribution >= 0.6 is 0 Å². The fraction of sp³-hybridized carbons (Fsp3) is 0.259. The number of hydrogen-bond acceptors (Lipinski definition) is 6. The SMILES string of the molecule is CC(=O)OC1CC(F)(F)C(OC(C)=O)c2ccccc2N1C(=O)c1ccc(NC(=O)c2cccn2C)cc1. The van der Waals surface area contributed by atoms with E-state index in [9.17, 15) is 19.2 Å². The predicted octanol–water partition coefficient (Wildman–Crippen LogP) is 4.46. The molecule has 1 aliphatic rings. The number of carbonyl (C=O) groups excluding carboxylic acids is 4. The fourth-order valence-electron chi connectivity index (χ4n) is 4.31. The minimum Gasteiger partial charge on any atom is -0.451 e. The second kappa shape index (κ2) is 10.4. The van der Waals surface area contributed by atoms with Gasteiger partial charge in [0.05, 0.1) is 12.1 Å². The van der Waals surface area contributed by atoms with Crippen molar-refractivity contribution in [1.82, 2.24) is 4.57 Å². The Bertz CT molecular complexity index is 1390. The van der Waals surface area contributed by atoms with E-state index >= 15 is 8.78 Å². The van der Waals surface area contributed by atoms with Gasteiger partial charge in [-0.25, -0.2) is 8.78 Å². The zero-order valence-corrected chi connectivity index (χ0v) is 20.8. The van der Waals surface area contributed by atoms with E-state index < -0.39 is 42.5 Å². The van der Waals surface area contributed by atoms with Gasteiger partial charge in [0.1, 0.15) is 5.69 Å². The summed E-state index contributed by atoms with van der Waals surface area (Å²) in [5.74, 6) is -6.55. The normalized spacial score (nSPS) is 18.1. The lowest BCUT2D eigenvalue weighted by Crippen LogP contribution is -2.45. The summed E-state index contributed by atoms with van der Waals surface area (Å²) < 4.78 is 42.6. The summed E-state index contributed by atoms with van der Waals surface area (Å²) in [7, 11) is 1.73. The Balaban J connectivity index is 1.70. The molecule has 1 aromatic heterocycles. The van der Waals surface area contributed by atoms with Crippen LogP contribution in [-0.4, -0.2) is 40.5 Å². The molecule has 1 aliphatic heterocycles. The van der Waals surface area contributed by atoms with Crippen LogP contribution in [0.1, 0.15) is 52.8 Å². The Labute approximate surface area is 216 Å². The maximum absolute atomic E-state index is 15.4. The number of anilines is 2. The number of halogens is 2. The molecule has 2 atom stereocenters. The number of amides is 2. The van der Waals surface area contributed by atoms with Crippen molar-refractivity contribution in [2.75, 3.05) is 10.2 Å². The number of esters is 2. The number of hydrogen-bond donors (Lipinski definition) is 1. The number of aromatic nitrogens is 1. The van der Waals surface area contributed by atoms with Crippen LogP contribution in [0.3, 0.4) is 0 Å². The lowest BCUT2D eigenvalue weighted by atomic mass is 10.0. The number of aryl methyl sites for hydroxylation is 1. The third-order valence-electron chi connectivity index (χ3n) is 5.97. The van der Waals surface area contributed by atoms with Crippen molar-refractivity contribution in [1.29, 1.82) is 0 Å². The molecule has 0 spiro atoms. The van der Waals surface area contributed by atoms with E-state index in [1.165, 1.54) is 48.5 Å². The monoisotopic (exact) mass is 525 g/mol. The molecule has 0 aliphatic carbocycles. The highest BCUT2D eigenvalue weighted by Crippen LogP contribution is 2.47. The van der Waals surface area contributed by atoms with Crippen molar-refractivity contribution in [3.05, 3.63) is 83.7 Å². The molecule has 4 rings (SSSR count). The van der Waals surface area contributed by atoms with Crippen LogP contribution in [0.25, 0.3) is 0 Å². The molecule has 2 aromatic carbocycles. The zero-order valence-electron chi connectivity index (χ0n) is 20.8. The molecule has 2 unspecified atom stereocenters. The summed E-state index contributed by atoms with van der Waals surface area (Å²) in [6, 6.07) is 15.0. The molecule has 11 heteroatoms. The fourth-order valence-corrected chi connectivity index (χ4v) is 4.31. The molecule has 0 radical (unpaired) electrons. The number of para-hydroxylation sites is 1. The summed E-state index contributed by atoms with van der Waals surface area (Å²) in [6.07, 6.45) is -3.06. The number of fused-ring (bicyclic) bond motifs is 1. The van der Waals surface area contributed by atoms with Gasteiger partial charge in [-0.05, 0) is 42.5 Å². The highest BCUT2D eigenvalue weighted by Gasteiger charge is 2.52. The Morgan fingerprint density at radius 3 is 2.18 bits per heavy atom. The molecule has 0 saturated carbocycles. The molecule has 0 fully saturated rings. The first kappa shape index (κ1) is 26.5. The number of rotatable bonds is 5. The van der Waals surface area contributed by atoms with Gasteiger partial charge < -0.3 is 19.4 Å². The van der Waals surface area contributed by atoms with E-state index in [2.05, 4.69) is 5.32 Å². The van der Waals surface area contributed by atoms with E-state index in [0.29, 0.717) is 11.4 Å². The van der Waals surface area contributed by atoms with Gasteiger partial charge in [0, 0.05) is 43.9 Å². The third kappa shape index (κ3) is 5.41. The first-order valence-corrected chi connectivity index (χ1v) is 11.7. The number of nitrogens with one attached hydrogen (secondary N) is 1. The Morgan fingerprint density at radius 2 is 1.58 bits per heavy atom. The van der Waals surface area contributed by atoms with Crippen molar-refractivity contribution < 1.29 is 37.4 Å². The predicted molar refractivity (Wildman–Crippen MR) is 133 cm³/mol. The van der Waals surface area contributed by atoms with Crippen molar-refractivity contribution in [3.8, 4) is 0 Å². The average Bonchev–Trinajstić information content (AvgIpc) is 3.25. The van der Waals surface area contributed by atoms with Gasteiger partial charge in [-0.3, -0.25) is 24.1 Å². The Hall–Kier alpha value is -4.54. The van der Waals surface area contributed by atoms with Crippen LogP contribution in [-0.2, 0) is 26.1 Å². The standard InChI is InChI=1S/C27H25F2N3O6/c1-16(33)37-23-15-27(28,29)24(38-17(2)34)20-7-4-5-8-21(20)32(23)26(36)18-10-12-19(13-11-18)30-25(35)22-9-6-14-31(22)3/h4-14,23-24H,15H2,1-3H3,(H,30,35). The molecule has 1 N–H and O–H groups in total. The summed E-state index contributed by atoms with van der Waals surface area (Å²) in [4.78, 5) is 50.7. The van der Waals surface area contributed by atoms with Gasteiger partial charge >= 0.3 is 11.9 Å². The lowest BCUT2D eigenvalue weighted by Gasteiger charge is -2.31. The molecule has 38 heavy (non-hydrogen) atoms.